The summed E-state index contributed by atoms with van der Waals surface area (Å²) in [5.41, 5.74) is 2.56. The SMILES string of the molecule is CCOC(=O)NC(=O)CSc1nnc(SCc2ccc(C(C)C)cc2)s1. The molecule has 2 aromatic rings. The fourth-order valence-corrected chi connectivity index (χ4v) is 4.68. The minimum absolute atomic E-state index is 0.0920. The number of carbonyl (C=O) groups excluding carboxylic acids is 2. The van der Waals surface area contributed by atoms with Gasteiger partial charge in [0.05, 0.1) is 12.4 Å². The Kier molecular flexibility index (Phi) is 8.40. The third-order valence-electron chi connectivity index (χ3n) is 3.24. The molecule has 9 heteroatoms. The number of thioether (sulfide) groups is 2. The van der Waals surface area contributed by atoms with Gasteiger partial charge in [0.25, 0.3) is 0 Å². The molecule has 0 spiro atoms. The minimum atomic E-state index is -0.727. The van der Waals surface area contributed by atoms with Crippen LogP contribution in [0.3, 0.4) is 0 Å². The first-order chi connectivity index (χ1) is 12.5. The number of hydrogen-bond donors (Lipinski definition) is 1. The van der Waals surface area contributed by atoms with E-state index in [2.05, 4.69) is 58.4 Å². The summed E-state index contributed by atoms with van der Waals surface area (Å²) in [6.45, 7) is 6.26. The number of ether oxygens (including phenoxy) is 1. The molecule has 0 bridgehead atoms. The molecular weight excluding hydrogens is 390 g/mol. The lowest BCUT2D eigenvalue weighted by Crippen LogP contribution is -2.32. The summed E-state index contributed by atoms with van der Waals surface area (Å²) >= 11 is 4.30. The molecule has 0 radical (unpaired) electrons. The van der Waals surface area contributed by atoms with Crippen molar-refractivity contribution in [2.24, 2.45) is 0 Å². The Balaban J connectivity index is 1.76. The number of amides is 2. The van der Waals surface area contributed by atoms with E-state index in [-0.39, 0.29) is 12.4 Å². The van der Waals surface area contributed by atoms with Gasteiger partial charge in [-0.3, -0.25) is 10.1 Å². The van der Waals surface area contributed by atoms with Crippen molar-refractivity contribution in [1.29, 1.82) is 0 Å². The van der Waals surface area contributed by atoms with E-state index in [1.807, 2.05) is 0 Å². The van der Waals surface area contributed by atoms with Gasteiger partial charge in [-0.15, -0.1) is 10.2 Å². The molecule has 0 fully saturated rings. The molecule has 2 rings (SSSR count). The Bertz CT molecular complexity index is 732. The van der Waals surface area contributed by atoms with E-state index in [1.165, 1.54) is 34.2 Å². The van der Waals surface area contributed by atoms with E-state index < -0.39 is 12.0 Å². The lowest BCUT2D eigenvalue weighted by Gasteiger charge is -2.05. The van der Waals surface area contributed by atoms with Crippen molar-refractivity contribution in [3.05, 3.63) is 35.4 Å². The molecule has 0 saturated heterocycles. The molecule has 0 saturated carbocycles. The van der Waals surface area contributed by atoms with Gasteiger partial charge in [0, 0.05) is 5.75 Å². The predicted octanol–water partition coefficient (Wildman–Crippen LogP) is 4.32. The average Bonchev–Trinajstić information content (AvgIpc) is 3.06. The van der Waals surface area contributed by atoms with Crippen molar-refractivity contribution < 1.29 is 14.3 Å². The maximum absolute atomic E-state index is 11.6. The van der Waals surface area contributed by atoms with E-state index >= 15 is 0 Å². The lowest BCUT2D eigenvalue weighted by molar-refractivity contribution is -0.117. The second-order valence-corrected chi connectivity index (χ2v) is 9.00. The van der Waals surface area contributed by atoms with E-state index in [4.69, 9.17) is 0 Å². The van der Waals surface area contributed by atoms with E-state index in [0.29, 0.717) is 10.3 Å². The number of rotatable bonds is 8. The Labute approximate surface area is 165 Å². The number of hydrogen-bond acceptors (Lipinski definition) is 8. The van der Waals surface area contributed by atoms with E-state index in [0.717, 1.165) is 10.1 Å². The zero-order chi connectivity index (χ0) is 18.9. The third-order valence-corrected chi connectivity index (χ3v) is 6.50. The molecule has 0 atom stereocenters. The monoisotopic (exact) mass is 411 g/mol. The number of imide groups is 1. The van der Waals surface area contributed by atoms with Gasteiger partial charge in [0.15, 0.2) is 8.68 Å². The fraction of sp³-hybridized carbons (Fsp3) is 0.412. The predicted molar refractivity (Wildman–Crippen MR) is 106 cm³/mol. The molecular formula is C17H21N3O3S3. The van der Waals surface area contributed by atoms with Crippen LogP contribution in [0, 0.1) is 0 Å². The van der Waals surface area contributed by atoms with Crippen LogP contribution in [0.4, 0.5) is 4.79 Å². The van der Waals surface area contributed by atoms with Gasteiger partial charge in [0.1, 0.15) is 0 Å². The number of aromatic nitrogens is 2. The maximum Gasteiger partial charge on any atom is 0.413 e. The molecule has 0 aliphatic rings. The first-order valence-electron chi connectivity index (χ1n) is 8.12. The molecule has 0 aliphatic carbocycles. The van der Waals surface area contributed by atoms with Gasteiger partial charge in [-0.1, -0.05) is 73.0 Å². The molecule has 2 amide bonds. The summed E-state index contributed by atoms with van der Waals surface area (Å²) in [5.74, 6) is 1.03. The number of nitrogens with zero attached hydrogens (tertiary/aromatic N) is 2. The summed E-state index contributed by atoms with van der Waals surface area (Å²) < 4.78 is 6.20. The number of benzene rings is 1. The smallest absolute Gasteiger partial charge is 0.413 e. The van der Waals surface area contributed by atoms with Crippen LogP contribution in [0.5, 0.6) is 0 Å². The Morgan fingerprint density at radius 3 is 2.42 bits per heavy atom. The Hall–Kier alpha value is -1.58. The highest BCUT2D eigenvalue weighted by molar-refractivity contribution is 8.03. The highest BCUT2D eigenvalue weighted by Gasteiger charge is 2.11. The Morgan fingerprint density at radius 1 is 1.15 bits per heavy atom. The molecule has 1 heterocycles. The van der Waals surface area contributed by atoms with Crippen molar-refractivity contribution in [2.75, 3.05) is 12.4 Å². The third kappa shape index (κ3) is 6.97. The molecule has 1 aromatic heterocycles. The van der Waals surface area contributed by atoms with Crippen molar-refractivity contribution in [1.82, 2.24) is 15.5 Å². The first-order valence-corrected chi connectivity index (χ1v) is 10.9. The average molecular weight is 412 g/mol. The number of carbonyl (C=O) groups is 2. The summed E-state index contributed by atoms with van der Waals surface area (Å²) in [6, 6.07) is 8.59. The van der Waals surface area contributed by atoms with Crippen LogP contribution in [0.25, 0.3) is 0 Å². The van der Waals surface area contributed by atoms with Gasteiger partial charge in [-0.2, -0.15) is 0 Å². The van der Waals surface area contributed by atoms with Gasteiger partial charge in [-0.25, -0.2) is 4.79 Å². The second-order valence-electron chi connectivity index (χ2n) is 5.58. The van der Waals surface area contributed by atoms with Crippen LogP contribution >= 0.6 is 34.9 Å². The zero-order valence-corrected chi connectivity index (χ0v) is 17.3. The summed E-state index contributed by atoms with van der Waals surface area (Å²) in [7, 11) is 0. The van der Waals surface area contributed by atoms with Gasteiger partial charge in [0.2, 0.25) is 5.91 Å². The summed E-state index contributed by atoms with van der Waals surface area (Å²) in [4.78, 5) is 22.8. The van der Waals surface area contributed by atoms with Crippen molar-refractivity contribution in [2.45, 2.75) is 41.1 Å². The van der Waals surface area contributed by atoms with Crippen LogP contribution in [-0.4, -0.2) is 34.6 Å². The van der Waals surface area contributed by atoms with Crippen LogP contribution in [0.15, 0.2) is 32.9 Å². The topological polar surface area (TPSA) is 81.2 Å². The molecule has 1 aromatic carbocycles. The normalized spacial score (nSPS) is 10.8. The van der Waals surface area contributed by atoms with Crippen LogP contribution in [-0.2, 0) is 15.3 Å². The van der Waals surface area contributed by atoms with Crippen LogP contribution in [0.1, 0.15) is 37.8 Å². The molecule has 0 aliphatic heterocycles. The quantitative estimate of drug-likeness (QED) is 0.648. The fourth-order valence-electron chi connectivity index (χ4n) is 1.90. The zero-order valence-electron chi connectivity index (χ0n) is 14.9. The van der Waals surface area contributed by atoms with Crippen molar-refractivity contribution in [3.8, 4) is 0 Å². The summed E-state index contributed by atoms with van der Waals surface area (Å²) in [6.07, 6.45) is -0.727. The highest BCUT2D eigenvalue weighted by atomic mass is 32.2. The summed E-state index contributed by atoms with van der Waals surface area (Å²) in [5, 5.41) is 10.3. The van der Waals surface area contributed by atoms with Gasteiger partial charge in [-0.05, 0) is 24.0 Å². The largest absolute Gasteiger partial charge is 0.450 e. The molecule has 1 N–H and O–H groups in total. The lowest BCUT2D eigenvalue weighted by atomic mass is 10.0. The molecule has 26 heavy (non-hydrogen) atoms. The maximum atomic E-state index is 11.6. The Morgan fingerprint density at radius 2 is 1.81 bits per heavy atom. The van der Waals surface area contributed by atoms with E-state index in [9.17, 15) is 9.59 Å². The molecule has 140 valence electrons. The van der Waals surface area contributed by atoms with Crippen molar-refractivity contribution >= 4 is 46.9 Å². The van der Waals surface area contributed by atoms with Crippen LogP contribution < -0.4 is 5.32 Å². The number of alkyl carbamates (subject to hydrolysis) is 1. The van der Waals surface area contributed by atoms with E-state index in [1.54, 1.807) is 18.7 Å². The van der Waals surface area contributed by atoms with Gasteiger partial charge < -0.3 is 4.74 Å². The number of nitrogens with one attached hydrogen (secondary N) is 1. The second kappa shape index (κ2) is 10.5. The van der Waals surface area contributed by atoms with Gasteiger partial charge >= 0.3 is 6.09 Å². The molecule has 0 unspecified atom stereocenters. The molecule has 6 nitrogen and oxygen atoms in total. The standard InChI is InChI=1S/C17H21N3O3S3/c1-4-23-15(22)18-14(21)10-25-17-20-19-16(26-17)24-9-12-5-7-13(8-6-12)11(2)3/h5-8,11H,4,9-10H2,1-3H3,(H,18,21,22). The first kappa shape index (κ1) is 20.7. The highest BCUT2D eigenvalue weighted by Crippen LogP contribution is 2.30. The minimum Gasteiger partial charge on any atom is -0.450 e. The van der Waals surface area contributed by atoms with Crippen molar-refractivity contribution in [3.63, 3.8) is 0 Å². The van der Waals surface area contributed by atoms with Crippen LogP contribution in [0.2, 0.25) is 0 Å².